The maximum atomic E-state index is 13.1. The second-order valence-electron chi connectivity index (χ2n) is 7.88. The quantitative estimate of drug-likeness (QED) is 0.423. The number of aromatic nitrogens is 1. The smallest absolute Gasteiger partial charge is 0.317 e. The Morgan fingerprint density at radius 3 is 2.33 bits per heavy atom. The molecular weight excluding hydrogens is 414 g/mol. The fraction of sp³-hybridized carbons (Fsp3) is 0.185. The molecule has 33 heavy (non-hydrogen) atoms. The second kappa shape index (κ2) is 10.5. The topological polar surface area (TPSA) is 74.4 Å². The van der Waals surface area contributed by atoms with Crippen molar-refractivity contribution >= 4 is 16.9 Å². The molecular formula is C27H27N3O3. The summed E-state index contributed by atoms with van der Waals surface area (Å²) in [6.45, 7) is 1.11. The van der Waals surface area contributed by atoms with Crippen LogP contribution in [0, 0.1) is 0 Å². The van der Waals surface area contributed by atoms with Gasteiger partial charge in [0.25, 0.3) is 5.56 Å². The number of nitrogens with one attached hydrogen (secondary N) is 2. The number of ether oxygens (including phenoxy) is 1. The highest BCUT2D eigenvalue weighted by Crippen LogP contribution is 2.19. The van der Waals surface area contributed by atoms with Crippen molar-refractivity contribution in [2.24, 2.45) is 0 Å². The molecule has 0 atom stereocenters. The number of hydrogen-bond donors (Lipinski definition) is 2. The third-order valence-electron chi connectivity index (χ3n) is 5.58. The molecule has 3 aromatic carbocycles. The summed E-state index contributed by atoms with van der Waals surface area (Å²) in [6.07, 6.45) is 0.693. The molecule has 0 aliphatic rings. The Hall–Kier alpha value is -4.06. The number of amides is 2. The molecule has 168 valence electrons. The number of benzene rings is 3. The van der Waals surface area contributed by atoms with E-state index in [9.17, 15) is 9.59 Å². The Morgan fingerprint density at radius 2 is 1.64 bits per heavy atom. The number of carbonyl (C=O) groups is 1. The first-order valence-electron chi connectivity index (χ1n) is 10.9. The molecule has 0 saturated heterocycles. The Morgan fingerprint density at radius 1 is 0.939 bits per heavy atom. The number of hydrogen-bond acceptors (Lipinski definition) is 3. The van der Waals surface area contributed by atoms with Crippen molar-refractivity contribution in [1.82, 2.24) is 15.2 Å². The van der Waals surface area contributed by atoms with Gasteiger partial charge in [0.1, 0.15) is 5.75 Å². The Bertz CT molecular complexity index is 1270. The average Bonchev–Trinajstić information content (AvgIpc) is 2.86. The van der Waals surface area contributed by atoms with Gasteiger partial charge in [0.05, 0.1) is 13.7 Å². The molecule has 4 rings (SSSR count). The van der Waals surface area contributed by atoms with Crippen LogP contribution in [0.5, 0.6) is 5.75 Å². The Kier molecular flexibility index (Phi) is 7.05. The van der Waals surface area contributed by atoms with Crippen LogP contribution < -0.4 is 15.6 Å². The molecule has 0 radical (unpaired) electrons. The zero-order valence-corrected chi connectivity index (χ0v) is 18.6. The van der Waals surface area contributed by atoms with Crippen LogP contribution in [0.4, 0.5) is 4.79 Å². The molecule has 0 unspecified atom stereocenters. The molecule has 0 fully saturated rings. The molecule has 0 spiro atoms. The predicted molar refractivity (Wildman–Crippen MR) is 130 cm³/mol. The predicted octanol–water partition coefficient (Wildman–Crippen LogP) is 4.49. The van der Waals surface area contributed by atoms with E-state index in [0.717, 1.165) is 22.0 Å². The summed E-state index contributed by atoms with van der Waals surface area (Å²) in [6, 6.07) is 26.9. The van der Waals surface area contributed by atoms with Crippen LogP contribution in [0.3, 0.4) is 0 Å². The molecule has 1 heterocycles. The molecule has 0 aliphatic carbocycles. The number of rotatable bonds is 8. The summed E-state index contributed by atoms with van der Waals surface area (Å²) in [5.74, 6) is 0.710. The number of H-pyrrole nitrogens is 1. The SMILES string of the molecule is COc1ccc2[nH]c(=O)c(CN(CCc3ccccc3)C(=O)NCc3ccccc3)cc2c1. The first-order chi connectivity index (χ1) is 16.1. The summed E-state index contributed by atoms with van der Waals surface area (Å²) in [4.78, 5) is 30.5. The van der Waals surface area contributed by atoms with E-state index in [0.29, 0.717) is 30.8 Å². The highest BCUT2D eigenvalue weighted by molar-refractivity contribution is 5.81. The summed E-state index contributed by atoms with van der Waals surface area (Å²) in [7, 11) is 1.61. The molecule has 0 bridgehead atoms. The van der Waals surface area contributed by atoms with Crippen molar-refractivity contribution in [3.63, 3.8) is 0 Å². The number of urea groups is 1. The molecule has 0 saturated carbocycles. The third-order valence-corrected chi connectivity index (χ3v) is 5.58. The Balaban J connectivity index is 1.55. The summed E-state index contributed by atoms with van der Waals surface area (Å²) >= 11 is 0. The second-order valence-corrected chi connectivity index (χ2v) is 7.88. The number of aromatic amines is 1. The van der Waals surface area contributed by atoms with E-state index in [1.54, 1.807) is 18.1 Å². The van der Waals surface area contributed by atoms with E-state index >= 15 is 0 Å². The van der Waals surface area contributed by atoms with Gasteiger partial charge in [0, 0.05) is 29.6 Å². The van der Waals surface area contributed by atoms with Crippen molar-refractivity contribution < 1.29 is 9.53 Å². The first-order valence-corrected chi connectivity index (χ1v) is 10.9. The zero-order valence-electron chi connectivity index (χ0n) is 18.6. The van der Waals surface area contributed by atoms with Crippen LogP contribution in [-0.2, 0) is 19.5 Å². The van der Waals surface area contributed by atoms with Gasteiger partial charge in [-0.2, -0.15) is 0 Å². The van der Waals surface area contributed by atoms with Crippen molar-refractivity contribution in [1.29, 1.82) is 0 Å². The lowest BCUT2D eigenvalue weighted by molar-refractivity contribution is 0.195. The lowest BCUT2D eigenvalue weighted by Gasteiger charge is -2.23. The zero-order chi connectivity index (χ0) is 23.0. The highest BCUT2D eigenvalue weighted by Gasteiger charge is 2.16. The first kappa shape index (κ1) is 22.1. The van der Waals surface area contributed by atoms with Crippen LogP contribution in [0.25, 0.3) is 10.9 Å². The fourth-order valence-electron chi connectivity index (χ4n) is 3.73. The lowest BCUT2D eigenvalue weighted by Crippen LogP contribution is -2.41. The molecule has 2 N–H and O–H groups in total. The van der Waals surface area contributed by atoms with Crippen LogP contribution in [-0.4, -0.2) is 29.6 Å². The molecule has 1 aromatic heterocycles. The maximum absolute atomic E-state index is 13.1. The minimum Gasteiger partial charge on any atom is -0.497 e. The standard InChI is InChI=1S/C27H27N3O3/c1-33-24-12-13-25-22(17-24)16-23(26(31)29-25)19-30(15-14-20-8-4-2-5-9-20)27(32)28-18-21-10-6-3-7-11-21/h2-13,16-17H,14-15,18-19H2,1H3,(H,28,32)(H,29,31). The highest BCUT2D eigenvalue weighted by atomic mass is 16.5. The van der Waals surface area contributed by atoms with Gasteiger partial charge in [-0.15, -0.1) is 0 Å². The molecule has 2 amide bonds. The van der Waals surface area contributed by atoms with Crippen LogP contribution >= 0.6 is 0 Å². The van der Waals surface area contributed by atoms with Gasteiger partial charge >= 0.3 is 6.03 Å². The largest absolute Gasteiger partial charge is 0.497 e. The van der Waals surface area contributed by atoms with Gasteiger partial charge in [-0.3, -0.25) is 4.79 Å². The number of carbonyl (C=O) groups excluding carboxylic acids is 1. The number of methoxy groups -OCH3 is 1. The van der Waals surface area contributed by atoms with Crippen molar-refractivity contribution in [3.05, 3.63) is 112 Å². The van der Waals surface area contributed by atoms with E-state index in [-0.39, 0.29) is 18.1 Å². The van der Waals surface area contributed by atoms with Crippen LogP contribution in [0.1, 0.15) is 16.7 Å². The van der Waals surface area contributed by atoms with Gasteiger partial charge in [-0.25, -0.2) is 4.79 Å². The van der Waals surface area contributed by atoms with E-state index in [1.807, 2.05) is 78.9 Å². The summed E-state index contributed by atoms with van der Waals surface area (Å²) < 4.78 is 5.31. The van der Waals surface area contributed by atoms with Crippen LogP contribution in [0.2, 0.25) is 0 Å². The third kappa shape index (κ3) is 5.80. The van der Waals surface area contributed by atoms with E-state index in [4.69, 9.17) is 4.74 Å². The van der Waals surface area contributed by atoms with Gasteiger partial charge in [0.2, 0.25) is 0 Å². The summed E-state index contributed by atoms with van der Waals surface area (Å²) in [5, 5.41) is 3.84. The fourth-order valence-corrected chi connectivity index (χ4v) is 3.73. The van der Waals surface area contributed by atoms with E-state index in [1.165, 1.54) is 0 Å². The van der Waals surface area contributed by atoms with Gasteiger partial charge in [-0.1, -0.05) is 60.7 Å². The monoisotopic (exact) mass is 441 g/mol. The van der Waals surface area contributed by atoms with E-state index in [2.05, 4.69) is 10.3 Å². The number of pyridine rings is 1. The Labute approximate surface area is 192 Å². The van der Waals surface area contributed by atoms with Crippen molar-refractivity contribution in [2.45, 2.75) is 19.5 Å². The molecule has 6 heteroatoms. The minimum absolute atomic E-state index is 0.201. The van der Waals surface area contributed by atoms with Crippen molar-refractivity contribution in [3.8, 4) is 5.75 Å². The number of fused-ring (bicyclic) bond motifs is 1. The van der Waals surface area contributed by atoms with Crippen molar-refractivity contribution in [2.75, 3.05) is 13.7 Å². The van der Waals surface area contributed by atoms with Gasteiger partial charge < -0.3 is 19.9 Å². The van der Waals surface area contributed by atoms with E-state index < -0.39 is 0 Å². The lowest BCUT2D eigenvalue weighted by atomic mass is 10.1. The van der Waals surface area contributed by atoms with Crippen LogP contribution in [0.15, 0.2) is 89.7 Å². The van der Waals surface area contributed by atoms with Gasteiger partial charge in [0.15, 0.2) is 0 Å². The summed E-state index contributed by atoms with van der Waals surface area (Å²) in [5.41, 5.74) is 3.21. The number of nitrogens with zero attached hydrogens (tertiary/aromatic N) is 1. The molecule has 4 aromatic rings. The molecule has 6 nitrogen and oxygen atoms in total. The van der Waals surface area contributed by atoms with Gasteiger partial charge in [-0.05, 0) is 41.8 Å². The average molecular weight is 442 g/mol. The maximum Gasteiger partial charge on any atom is 0.317 e. The normalized spacial score (nSPS) is 10.7. The molecule has 0 aliphatic heterocycles. The minimum atomic E-state index is -0.208.